The first-order valence-corrected chi connectivity index (χ1v) is 10.6. The molecular formula is C23H28ClN3O5. The molecule has 2 aromatic rings. The van der Waals surface area contributed by atoms with Crippen molar-refractivity contribution in [1.29, 1.82) is 0 Å². The first-order valence-electron chi connectivity index (χ1n) is 10.3. The Bertz CT molecular complexity index is 903. The van der Waals surface area contributed by atoms with Crippen molar-refractivity contribution in [1.82, 2.24) is 9.80 Å². The van der Waals surface area contributed by atoms with E-state index >= 15 is 0 Å². The quantitative estimate of drug-likeness (QED) is 0.567. The van der Waals surface area contributed by atoms with Gasteiger partial charge >= 0.3 is 11.9 Å². The number of benzene rings is 2. The van der Waals surface area contributed by atoms with Gasteiger partial charge in [-0.05, 0) is 30.2 Å². The number of nitrogens with one attached hydrogen (secondary N) is 1. The summed E-state index contributed by atoms with van der Waals surface area (Å²) in [6.45, 7) is 7.83. The highest BCUT2D eigenvalue weighted by Crippen LogP contribution is 2.23. The van der Waals surface area contributed by atoms with Crippen molar-refractivity contribution in [2.24, 2.45) is 0 Å². The van der Waals surface area contributed by atoms with Gasteiger partial charge in [0.2, 0.25) is 5.91 Å². The minimum Gasteiger partial charge on any atom is -0.473 e. The normalized spacial score (nSPS) is 14.2. The molecule has 2 aromatic carbocycles. The fourth-order valence-corrected chi connectivity index (χ4v) is 3.40. The monoisotopic (exact) mass is 461 g/mol. The molecule has 1 aliphatic heterocycles. The SMILES string of the molecule is Cc1c(Cl)cccc1NC(=O)CCN1CCN(Cc2ccccc2)CC1.O=C(O)C(=O)O. The summed E-state index contributed by atoms with van der Waals surface area (Å²) in [6.07, 6.45) is 0.505. The van der Waals surface area contributed by atoms with Crippen molar-refractivity contribution in [3.8, 4) is 0 Å². The summed E-state index contributed by atoms with van der Waals surface area (Å²) in [5.41, 5.74) is 3.07. The van der Waals surface area contributed by atoms with E-state index in [1.165, 1.54) is 5.56 Å². The van der Waals surface area contributed by atoms with Crippen LogP contribution in [-0.2, 0) is 20.9 Å². The lowest BCUT2D eigenvalue weighted by molar-refractivity contribution is -0.159. The lowest BCUT2D eigenvalue weighted by atomic mass is 10.2. The largest absolute Gasteiger partial charge is 0.473 e. The molecule has 0 atom stereocenters. The number of hydrogen-bond acceptors (Lipinski definition) is 5. The van der Waals surface area contributed by atoms with Crippen molar-refractivity contribution in [3.63, 3.8) is 0 Å². The van der Waals surface area contributed by atoms with Crippen molar-refractivity contribution in [3.05, 3.63) is 64.7 Å². The van der Waals surface area contributed by atoms with Gasteiger partial charge in [-0.15, -0.1) is 0 Å². The predicted octanol–water partition coefficient (Wildman–Crippen LogP) is 2.95. The van der Waals surface area contributed by atoms with Gasteiger partial charge in [-0.3, -0.25) is 9.69 Å². The van der Waals surface area contributed by atoms with Crippen LogP contribution in [-0.4, -0.2) is 70.6 Å². The summed E-state index contributed by atoms with van der Waals surface area (Å²) in [6, 6.07) is 16.2. The molecule has 0 bridgehead atoms. The second-order valence-corrected chi connectivity index (χ2v) is 7.83. The molecule has 0 spiro atoms. The highest BCUT2D eigenvalue weighted by molar-refractivity contribution is 6.31. The van der Waals surface area contributed by atoms with Crippen LogP contribution in [0.1, 0.15) is 17.5 Å². The number of aliphatic carboxylic acids is 2. The number of anilines is 1. The van der Waals surface area contributed by atoms with Crippen LogP contribution >= 0.6 is 11.6 Å². The Morgan fingerprint density at radius 3 is 2.09 bits per heavy atom. The van der Waals surface area contributed by atoms with E-state index in [9.17, 15) is 4.79 Å². The molecule has 3 N–H and O–H groups in total. The van der Waals surface area contributed by atoms with Crippen LogP contribution in [0.25, 0.3) is 0 Å². The fraction of sp³-hybridized carbons (Fsp3) is 0.348. The van der Waals surface area contributed by atoms with Gasteiger partial charge in [0.1, 0.15) is 0 Å². The number of piperazine rings is 1. The number of hydrogen-bond donors (Lipinski definition) is 3. The lowest BCUT2D eigenvalue weighted by Gasteiger charge is -2.34. The zero-order valence-corrected chi connectivity index (χ0v) is 18.7. The van der Waals surface area contributed by atoms with Crippen molar-refractivity contribution in [2.45, 2.75) is 19.9 Å². The van der Waals surface area contributed by atoms with Gasteiger partial charge in [0.25, 0.3) is 0 Å². The maximum atomic E-state index is 12.2. The molecule has 0 unspecified atom stereocenters. The minimum absolute atomic E-state index is 0.0436. The van der Waals surface area contributed by atoms with E-state index in [0.29, 0.717) is 11.4 Å². The van der Waals surface area contributed by atoms with Gasteiger partial charge in [0, 0.05) is 56.4 Å². The molecule has 9 heteroatoms. The molecule has 3 rings (SSSR count). The van der Waals surface area contributed by atoms with Crippen LogP contribution in [0, 0.1) is 6.92 Å². The molecule has 1 aliphatic rings. The molecule has 0 aliphatic carbocycles. The Morgan fingerprint density at radius 1 is 0.906 bits per heavy atom. The number of amides is 1. The first-order chi connectivity index (χ1) is 15.3. The Kier molecular flexibility index (Phi) is 10.1. The fourth-order valence-electron chi connectivity index (χ4n) is 3.23. The summed E-state index contributed by atoms with van der Waals surface area (Å²) >= 11 is 6.10. The smallest absolute Gasteiger partial charge is 0.414 e. The number of carbonyl (C=O) groups is 3. The predicted molar refractivity (Wildman–Crippen MR) is 123 cm³/mol. The maximum Gasteiger partial charge on any atom is 0.414 e. The van der Waals surface area contributed by atoms with Crippen LogP contribution in [0.4, 0.5) is 5.69 Å². The van der Waals surface area contributed by atoms with E-state index in [-0.39, 0.29) is 5.91 Å². The van der Waals surface area contributed by atoms with Crippen LogP contribution in [0.2, 0.25) is 5.02 Å². The zero-order chi connectivity index (χ0) is 23.5. The summed E-state index contributed by atoms with van der Waals surface area (Å²) < 4.78 is 0. The van der Waals surface area contributed by atoms with E-state index in [0.717, 1.165) is 50.5 Å². The number of rotatable bonds is 6. The standard InChI is InChI=1S/C21H26ClN3O.C2H2O4/c1-17-19(22)8-5-9-20(17)23-21(26)10-11-24-12-14-25(15-13-24)16-18-6-3-2-4-7-18;3-1(4)2(5)6/h2-9H,10-16H2,1H3,(H,23,26);(H,3,4)(H,5,6). The van der Waals surface area contributed by atoms with Gasteiger partial charge in [0.15, 0.2) is 0 Å². The van der Waals surface area contributed by atoms with E-state index in [2.05, 4.69) is 45.4 Å². The van der Waals surface area contributed by atoms with Crippen molar-refractivity contribution < 1.29 is 24.6 Å². The zero-order valence-electron chi connectivity index (χ0n) is 18.0. The minimum atomic E-state index is -1.82. The number of carbonyl (C=O) groups excluding carboxylic acids is 1. The topological polar surface area (TPSA) is 110 Å². The second kappa shape index (κ2) is 12.8. The van der Waals surface area contributed by atoms with Crippen molar-refractivity contribution in [2.75, 3.05) is 38.0 Å². The molecule has 172 valence electrons. The number of carboxylic acids is 2. The van der Waals surface area contributed by atoms with Gasteiger partial charge in [-0.25, -0.2) is 9.59 Å². The number of nitrogens with zero attached hydrogens (tertiary/aromatic N) is 2. The summed E-state index contributed by atoms with van der Waals surface area (Å²) in [7, 11) is 0. The van der Waals surface area contributed by atoms with Gasteiger partial charge in [-0.1, -0.05) is 48.0 Å². The Labute approximate surface area is 192 Å². The molecule has 1 amide bonds. The number of halogens is 1. The average molecular weight is 462 g/mol. The van der Waals surface area contributed by atoms with Crippen molar-refractivity contribution >= 4 is 35.1 Å². The van der Waals surface area contributed by atoms with Crippen LogP contribution < -0.4 is 5.32 Å². The Hall–Kier alpha value is -2.94. The third-order valence-electron chi connectivity index (χ3n) is 5.09. The summed E-state index contributed by atoms with van der Waals surface area (Å²) in [5.74, 6) is -3.60. The molecule has 0 saturated carbocycles. The molecule has 32 heavy (non-hydrogen) atoms. The maximum absolute atomic E-state index is 12.2. The molecular weight excluding hydrogens is 434 g/mol. The van der Waals surface area contributed by atoms with E-state index in [4.69, 9.17) is 31.4 Å². The summed E-state index contributed by atoms with van der Waals surface area (Å²) in [4.78, 5) is 35.3. The molecule has 1 heterocycles. The summed E-state index contributed by atoms with van der Waals surface area (Å²) in [5, 5.41) is 18.4. The lowest BCUT2D eigenvalue weighted by Crippen LogP contribution is -2.46. The molecule has 1 saturated heterocycles. The molecule has 0 radical (unpaired) electrons. The van der Waals surface area contributed by atoms with Crippen LogP contribution in [0.5, 0.6) is 0 Å². The Morgan fingerprint density at radius 2 is 1.50 bits per heavy atom. The van der Waals surface area contributed by atoms with E-state index < -0.39 is 11.9 Å². The van der Waals surface area contributed by atoms with Crippen LogP contribution in [0.3, 0.4) is 0 Å². The van der Waals surface area contributed by atoms with E-state index in [1.54, 1.807) is 0 Å². The van der Waals surface area contributed by atoms with Gasteiger partial charge < -0.3 is 20.4 Å². The molecule has 1 fully saturated rings. The first kappa shape index (κ1) is 25.3. The third-order valence-corrected chi connectivity index (χ3v) is 5.50. The van der Waals surface area contributed by atoms with Gasteiger partial charge in [-0.2, -0.15) is 0 Å². The van der Waals surface area contributed by atoms with E-state index in [1.807, 2.05) is 25.1 Å². The average Bonchev–Trinajstić information content (AvgIpc) is 2.77. The highest BCUT2D eigenvalue weighted by Gasteiger charge is 2.17. The van der Waals surface area contributed by atoms with Crippen LogP contribution in [0.15, 0.2) is 48.5 Å². The number of carboxylic acid groups (broad SMARTS) is 2. The second-order valence-electron chi connectivity index (χ2n) is 7.42. The highest BCUT2D eigenvalue weighted by atomic mass is 35.5. The Balaban J connectivity index is 0.000000534. The molecule has 0 aromatic heterocycles. The third kappa shape index (κ3) is 8.66. The van der Waals surface area contributed by atoms with Gasteiger partial charge in [0.05, 0.1) is 0 Å². The molecule has 8 nitrogen and oxygen atoms in total.